The van der Waals surface area contributed by atoms with Crippen LogP contribution in [0.25, 0.3) is 0 Å². The van der Waals surface area contributed by atoms with Crippen molar-refractivity contribution in [1.29, 1.82) is 0 Å². The highest BCUT2D eigenvalue weighted by Gasteiger charge is 2.47. The van der Waals surface area contributed by atoms with Gasteiger partial charge in [0.05, 0.1) is 16.6 Å². The molecule has 0 aromatic heterocycles. The topological polar surface area (TPSA) is 80.4 Å². The molecule has 5 heteroatoms. The van der Waals surface area contributed by atoms with E-state index < -0.39 is 20.7 Å². The fourth-order valence-corrected chi connectivity index (χ4v) is 3.51. The standard InChI is InChI=1S/C7H15NO3S/c1-6-7(9,2-4-8)3-5-12(6,10)11/h6,9H,2-5,8H2,1H3. The number of nitrogens with two attached hydrogens (primary N) is 1. The van der Waals surface area contributed by atoms with E-state index in [-0.39, 0.29) is 5.75 Å². The van der Waals surface area contributed by atoms with Gasteiger partial charge in [-0.05, 0) is 26.3 Å². The molecule has 1 fully saturated rings. The smallest absolute Gasteiger partial charge is 0.155 e. The molecular weight excluding hydrogens is 178 g/mol. The average Bonchev–Trinajstić information content (AvgIpc) is 2.17. The van der Waals surface area contributed by atoms with Crippen LogP contribution in [0.15, 0.2) is 0 Å². The first kappa shape index (κ1) is 9.95. The highest BCUT2D eigenvalue weighted by Crippen LogP contribution is 2.32. The molecule has 0 aromatic carbocycles. The summed E-state index contributed by atoms with van der Waals surface area (Å²) < 4.78 is 22.5. The van der Waals surface area contributed by atoms with Crippen LogP contribution in [-0.2, 0) is 9.84 Å². The largest absolute Gasteiger partial charge is 0.388 e. The molecule has 72 valence electrons. The van der Waals surface area contributed by atoms with Gasteiger partial charge in [-0.3, -0.25) is 0 Å². The third-order valence-corrected chi connectivity index (χ3v) is 4.98. The molecule has 0 saturated carbocycles. The van der Waals surface area contributed by atoms with Gasteiger partial charge in [-0.1, -0.05) is 0 Å². The van der Waals surface area contributed by atoms with Crippen molar-refractivity contribution in [3.8, 4) is 0 Å². The Bertz CT molecular complexity index is 262. The fraction of sp³-hybridized carbons (Fsp3) is 1.00. The summed E-state index contributed by atoms with van der Waals surface area (Å²) in [4.78, 5) is 0. The second-order valence-electron chi connectivity index (χ2n) is 3.40. The Morgan fingerprint density at radius 1 is 1.67 bits per heavy atom. The average molecular weight is 193 g/mol. The van der Waals surface area contributed by atoms with Crippen molar-refractivity contribution in [2.24, 2.45) is 5.73 Å². The number of hydrogen-bond donors (Lipinski definition) is 2. The summed E-state index contributed by atoms with van der Waals surface area (Å²) in [5.74, 6) is 0.0880. The summed E-state index contributed by atoms with van der Waals surface area (Å²) in [6.45, 7) is 1.88. The Kier molecular flexibility index (Phi) is 2.47. The van der Waals surface area contributed by atoms with Gasteiger partial charge in [0, 0.05) is 0 Å². The molecule has 1 saturated heterocycles. The third-order valence-electron chi connectivity index (χ3n) is 2.69. The maximum Gasteiger partial charge on any atom is 0.155 e. The van der Waals surface area contributed by atoms with Gasteiger partial charge in [0.25, 0.3) is 0 Å². The Labute approximate surface area is 72.7 Å². The molecular formula is C7H15NO3S. The summed E-state index contributed by atoms with van der Waals surface area (Å²) in [5.41, 5.74) is 4.21. The van der Waals surface area contributed by atoms with E-state index in [0.29, 0.717) is 19.4 Å². The zero-order valence-corrected chi connectivity index (χ0v) is 7.97. The first-order chi connectivity index (χ1) is 5.42. The van der Waals surface area contributed by atoms with Crippen molar-refractivity contribution in [3.63, 3.8) is 0 Å². The van der Waals surface area contributed by atoms with Crippen molar-refractivity contribution in [3.05, 3.63) is 0 Å². The lowest BCUT2D eigenvalue weighted by Gasteiger charge is -2.25. The van der Waals surface area contributed by atoms with E-state index in [4.69, 9.17) is 5.73 Å². The van der Waals surface area contributed by atoms with E-state index >= 15 is 0 Å². The maximum atomic E-state index is 11.3. The van der Waals surface area contributed by atoms with Crippen LogP contribution in [0.4, 0.5) is 0 Å². The summed E-state index contributed by atoms with van der Waals surface area (Å²) in [6.07, 6.45) is 0.696. The van der Waals surface area contributed by atoms with Gasteiger partial charge in [0.1, 0.15) is 0 Å². The third kappa shape index (κ3) is 1.48. The van der Waals surface area contributed by atoms with Crippen LogP contribution in [0.1, 0.15) is 19.8 Å². The van der Waals surface area contributed by atoms with Gasteiger partial charge >= 0.3 is 0 Å². The number of rotatable bonds is 2. The zero-order valence-electron chi connectivity index (χ0n) is 7.16. The van der Waals surface area contributed by atoms with Crippen LogP contribution in [-0.4, -0.2) is 36.7 Å². The maximum absolute atomic E-state index is 11.3. The second kappa shape index (κ2) is 2.97. The quantitative estimate of drug-likeness (QED) is 0.606. The van der Waals surface area contributed by atoms with Crippen molar-refractivity contribution in [2.75, 3.05) is 12.3 Å². The van der Waals surface area contributed by atoms with Crippen LogP contribution in [0.5, 0.6) is 0 Å². The SMILES string of the molecule is CC1C(O)(CCN)CCS1(=O)=O. The Hall–Kier alpha value is -0.130. The first-order valence-corrected chi connectivity index (χ1v) is 5.78. The molecule has 2 atom stereocenters. The number of hydrogen-bond acceptors (Lipinski definition) is 4. The molecule has 0 amide bonds. The minimum absolute atomic E-state index is 0.0880. The first-order valence-electron chi connectivity index (χ1n) is 4.06. The van der Waals surface area contributed by atoms with Crippen LogP contribution < -0.4 is 5.73 Å². The fourth-order valence-electron chi connectivity index (χ4n) is 1.61. The lowest BCUT2D eigenvalue weighted by atomic mass is 9.94. The van der Waals surface area contributed by atoms with Gasteiger partial charge in [-0.15, -0.1) is 0 Å². The molecule has 0 spiro atoms. The molecule has 1 heterocycles. The van der Waals surface area contributed by atoms with Crippen molar-refractivity contribution in [1.82, 2.24) is 0 Å². The molecule has 1 aliphatic rings. The predicted molar refractivity (Wildman–Crippen MR) is 46.5 cm³/mol. The summed E-state index contributed by atoms with van der Waals surface area (Å²) >= 11 is 0. The Morgan fingerprint density at radius 3 is 2.58 bits per heavy atom. The summed E-state index contributed by atoms with van der Waals surface area (Å²) in [6, 6.07) is 0. The highest BCUT2D eigenvalue weighted by atomic mass is 32.2. The molecule has 12 heavy (non-hydrogen) atoms. The molecule has 3 N–H and O–H groups in total. The lowest BCUT2D eigenvalue weighted by molar-refractivity contribution is 0.0389. The van der Waals surface area contributed by atoms with E-state index in [1.807, 2.05) is 0 Å². The van der Waals surface area contributed by atoms with E-state index in [1.165, 1.54) is 0 Å². The normalized spacial score (nSPS) is 40.1. The minimum atomic E-state index is -3.06. The number of sulfone groups is 1. The zero-order chi connectivity index (χ0) is 9.41. The van der Waals surface area contributed by atoms with Crippen LogP contribution in [0, 0.1) is 0 Å². The monoisotopic (exact) mass is 193 g/mol. The molecule has 0 radical (unpaired) electrons. The van der Waals surface area contributed by atoms with E-state index in [1.54, 1.807) is 6.92 Å². The van der Waals surface area contributed by atoms with Crippen molar-refractivity contribution < 1.29 is 13.5 Å². The summed E-state index contributed by atoms with van der Waals surface area (Å²) in [7, 11) is -3.06. The van der Waals surface area contributed by atoms with E-state index in [0.717, 1.165) is 0 Å². The predicted octanol–water partition coefficient (Wildman–Crippen LogP) is -0.727. The Balaban J connectivity index is 2.85. The molecule has 0 aromatic rings. The molecule has 1 aliphatic heterocycles. The summed E-state index contributed by atoms with van der Waals surface area (Å²) in [5, 5.41) is 9.18. The molecule has 2 unspecified atom stereocenters. The van der Waals surface area contributed by atoms with Gasteiger partial charge in [0.15, 0.2) is 9.84 Å². The van der Waals surface area contributed by atoms with Gasteiger partial charge in [0.2, 0.25) is 0 Å². The lowest BCUT2D eigenvalue weighted by Crippen LogP contribution is -2.40. The van der Waals surface area contributed by atoms with E-state index in [9.17, 15) is 13.5 Å². The van der Waals surface area contributed by atoms with Crippen molar-refractivity contribution in [2.45, 2.75) is 30.6 Å². The number of aliphatic hydroxyl groups is 1. The van der Waals surface area contributed by atoms with Gasteiger partial charge < -0.3 is 10.8 Å². The van der Waals surface area contributed by atoms with E-state index in [2.05, 4.69) is 0 Å². The van der Waals surface area contributed by atoms with Crippen LogP contribution in [0.3, 0.4) is 0 Å². The van der Waals surface area contributed by atoms with Gasteiger partial charge in [-0.25, -0.2) is 8.42 Å². The van der Waals surface area contributed by atoms with Crippen LogP contribution >= 0.6 is 0 Å². The van der Waals surface area contributed by atoms with Crippen molar-refractivity contribution >= 4 is 9.84 Å². The Morgan fingerprint density at radius 2 is 2.25 bits per heavy atom. The minimum Gasteiger partial charge on any atom is -0.388 e. The molecule has 4 nitrogen and oxygen atoms in total. The second-order valence-corrected chi connectivity index (χ2v) is 5.84. The molecule has 1 rings (SSSR count). The molecule has 0 bridgehead atoms. The highest BCUT2D eigenvalue weighted by molar-refractivity contribution is 7.92. The van der Waals surface area contributed by atoms with Crippen LogP contribution in [0.2, 0.25) is 0 Å². The molecule has 0 aliphatic carbocycles. The van der Waals surface area contributed by atoms with Gasteiger partial charge in [-0.2, -0.15) is 0 Å².